The molecule has 116 valence electrons. The molecule has 1 saturated heterocycles. The van der Waals surface area contributed by atoms with Crippen molar-refractivity contribution in [2.24, 2.45) is 0 Å². The van der Waals surface area contributed by atoms with Gasteiger partial charge >= 0.3 is 6.09 Å². The summed E-state index contributed by atoms with van der Waals surface area (Å²) in [5, 5.41) is 1.30. The summed E-state index contributed by atoms with van der Waals surface area (Å²) in [5.74, 6) is 0. The Morgan fingerprint density at radius 3 is 2.76 bits per heavy atom. The van der Waals surface area contributed by atoms with E-state index in [1.54, 1.807) is 29.1 Å². The molecule has 1 amide bonds. The lowest BCUT2D eigenvalue weighted by Crippen LogP contribution is -2.43. The molecule has 21 heavy (non-hydrogen) atoms. The Morgan fingerprint density at radius 2 is 2.10 bits per heavy atom. The van der Waals surface area contributed by atoms with E-state index in [9.17, 15) is 4.79 Å². The highest BCUT2D eigenvalue weighted by Crippen LogP contribution is 2.29. The van der Waals surface area contributed by atoms with Crippen LogP contribution in [-0.2, 0) is 4.74 Å². The maximum atomic E-state index is 12.1. The number of piperidine rings is 1. The molecule has 1 aliphatic rings. The summed E-state index contributed by atoms with van der Waals surface area (Å²) in [6.07, 6.45) is 5.27. The number of carbonyl (C=O) groups excluding carboxylic acids is 1. The molecule has 2 heterocycles. The molecule has 5 nitrogen and oxygen atoms in total. The van der Waals surface area contributed by atoms with Gasteiger partial charge in [-0.1, -0.05) is 11.8 Å². The molecule has 0 N–H and O–H groups in total. The maximum Gasteiger partial charge on any atom is 0.410 e. The summed E-state index contributed by atoms with van der Waals surface area (Å²) >= 11 is 1.71. The molecule has 2 rings (SSSR count). The Bertz CT molecular complexity index is 502. The molecule has 1 fully saturated rings. The fourth-order valence-corrected chi connectivity index (χ4v) is 3.39. The molecule has 1 aromatic rings. The number of likely N-dealkylation sites (tertiary alicyclic amines) is 1. The molecule has 0 spiro atoms. The number of thioether (sulfide) groups is 1. The van der Waals surface area contributed by atoms with Crippen LogP contribution in [0.15, 0.2) is 17.4 Å². The van der Waals surface area contributed by atoms with E-state index in [4.69, 9.17) is 4.74 Å². The summed E-state index contributed by atoms with van der Waals surface area (Å²) in [5.41, 5.74) is 0.496. The van der Waals surface area contributed by atoms with Gasteiger partial charge in [-0.2, -0.15) is 0 Å². The van der Waals surface area contributed by atoms with Gasteiger partial charge in [0.2, 0.25) is 0 Å². The Balaban J connectivity index is 1.95. The van der Waals surface area contributed by atoms with E-state index in [2.05, 4.69) is 9.97 Å². The van der Waals surface area contributed by atoms with E-state index in [0.29, 0.717) is 11.8 Å². The smallest absolute Gasteiger partial charge is 0.410 e. The van der Waals surface area contributed by atoms with Crippen molar-refractivity contribution >= 4 is 17.9 Å². The molecule has 0 radical (unpaired) electrons. The number of hydrogen-bond acceptors (Lipinski definition) is 5. The molecule has 0 saturated carbocycles. The monoisotopic (exact) mass is 309 g/mol. The van der Waals surface area contributed by atoms with Gasteiger partial charge in [-0.3, -0.25) is 4.98 Å². The van der Waals surface area contributed by atoms with Gasteiger partial charge in [0, 0.05) is 30.7 Å². The van der Waals surface area contributed by atoms with E-state index in [-0.39, 0.29) is 6.09 Å². The fourth-order valence-electron chi connectivity index (χ4n) is 2.20. The van der Waals surface area contributed by atoms with Gasteiger partial charge in [-0.05, 0) is 40.5 Å². The minimum absolute atomic E-state index is 0.219. The molecule has 0 bridgehead atoms. The first-order valence-corrected chi connectivity index (χ1v) is 8.15. The number of carbonyl (C=O) groups is 1. The average Bonchev–Trinajstić information content (AvgIpc) is 2.40. The lowest BCUT2D eigenvalue weighted by atomic mass is 10.1. The van der Waals surface area contributed by atoms with Crippen molar-refractivity contribution in [3.05, 3.63) is 18.1 Å². The number of rotatable bonds is 2. The first kappa shape index (κ1) is 16.1. The Hall–Kier alpha value is -1.30. The summed E-state index contributed by atoms with van der Waals surface area (Å²) in [6.45, 7) is 9.11. The van der Waals surface area contributed by atoms with Crippen molar-refractivity contribution in [1.29, 1.82) is 0 Å². The lowest BCUT2D eigenvalue weighted by molar-refractivity contribution is 0.0220. The Morgan fingerprint density at radius 1 is 1.38 bits per heavy atom. The van der Waals surface area contributed by atoms with Gasteiger partial charge in [0.25, 0.3) is 0 Å². The van der Waals surface area contributed by atoms with E-state index in [0.717, 1.165) is 30.1 Å². The quantitative estimate of drug-likeness (QED) is 0.839. The van der Waals surface area contributed by atoms with Crippen LogP contribution in [-0.4, -0.2) is 44.9 Å². The highest BCUT2D eigenvalue weighted by atomic mass is 32.2. The summed E-state index contributed by atoms with van der Waals surface area (Å²) in [7, 11) is 0. The van der Waals surface area contributed by atoms with Gasteiger partial charge in [-0.25, -0.2) is 9.78 Å². The molecular weight excluding hydrogens is 286 g/mol. The van der Waals surface area contributed by atoms with Crippen LogP contribution in [0.3, 0.4) is 0 Å². The molecule has 1 atom stereocenters. The second-order valence-electron chi connectivity index (χ2n) is 6.26. The maximum absolute atomic E-state index is 12.1. The van der Waals surface area contributed by atoms with Crippen LogP contribution >= 0.6 is 11.8 Å². The largest absolute Gasteiger partial charge is 0.444 e. The molecule has 1 aliphatic heterocycles. The lowest BCUT2D eigenvalue weighted by Gasteiger charge is -2.33. The van der Waals surface area contributed by atoms with E-state index < -0.39 is 5.60 Å². The van der Waals surface area contributed by atoms with Crippen LogP contribution in [0.4, 0.5) is 4.79 Å². The molecular formula is C15H23N3O2S. The van der Waals surface area contributed by atoms with Crippen molar-refractivity contribution in [2.45, 2.75) is 56.4 Å². The van der Waals surface area contributed by atoms with Crippen molar-refractivity contribution in [1.82, 2.24) is 14.9 Å². The standard InChI is InChI=1S/C15H23N3O2S/c1-11-13(17-8-7-16-11)21-12-6-5-9-18(10-12)14(19)20-15(2,3)4/h7-8,12H,5-6,9-10H2,1-4H3. The summed E-state index contributed by atoms with van der Waals surface area (Å²) < 4.78 is 5.45. The number of hydrogen-bond donors (Lipinski definition) is 0. The third kappa shape index (κ3) is 4.88. The van der Waals surface area contributed by atoms with Crippen LogP contribution in [0.25, 0.3) is 0 Å². The van der Waals surface area contributed by atoms with Crippen molar-refractivity contribution in [3.8, 4) is 0 Å². The third-order valence-electron chi connectivity index (χ3n) is 3.14. The van der Waals surface area contributed by atoms with Crippen LogP contribution < -0.4 is 0 Å². The second kappa shape index (κ2) is 6.64. The topological polar surface area (TPSA) is 55.3 Å². The van der Waals surface area contributed by atoms with Crippen LogP contribution in [0.5, 0.6) is 0 Å². The van der Waals surface area contributed by atoms with Crippen molar-refractivity contribution in [2.75, 3.05) is 13.1 Å². The highest BCUT2D eigenvalue weighted by molar-refractivity contribution is 7.99. The highest BCUT2D eigenvalue weighted by Gasteiger charge is 2.28. The second-order valence-corrected chi connectivity index (χ2v) is 7.54. The SMILES string of the molecule is Cc1nccnc1SC1CCCN(C(=O)OC(C)(C)C)C1. The summed E-state index contributed by atoms with van der Waals surface area (Å²) in [4.78, 5) is 22.6. The molecule has 1 unspecified atom stereocenters. The van der Waals surface area contributed by atoms with Gasteiger partial charge in [-0.15, -0.1) is 0 Å². The zero-order valence-electron chi connectivity index (χ0n) is 13.1. The molecule has 0 aromatic carbocycles. The molecule has 6 heteroatoms. The van der Waals surface area contributed by atoms with Crippen LogP contribution in [0.2, 0.25) is 0 Å². The molecule has 0 aliphatic carbocycles. The third-order valence-corrected chi connectivity index (χ3v) is 4.49. The first-order valence-electron chi connectivity index (χ1n) is 7.27. The zero-order valence-corrected chi connectivity index (χ0v) is 13.9. The average molecular weight is 309 g/mol. The molecule has 1 aromatic heterocycles. The normalized spacial score (nSPS) is 19.4. The number of aromatic nitrogens is 2. The Labute approximate surface area is 130 Å². The minimum atomic E-state index is -0.446. The number of amides is 1. The van der Waals surface area contributed by atoms with Gasteiger partial charge in [0.1, 0.15) is 10.6 Å². The van der Waals surface area contributed by atoms with Crippen LogP contribution in [0.1, 0.15) is 39.3 Å². The van der Waals surface area contributed by atoms with E-state index >= 15 is 0 Å². The van der Waals surface area contributed by atoms with Gasteiger partial charge in [0.15, 0.2) is 0 Å². The zero-order chi connectivity index (χ0) is 15.5. The predicted octanol–water partition coefficient (Wildman–Crippen LogP) is 3.28. The van der Waals surface area contributed by atoms with Gasteiger partial charge in [0.05, 0.1) is 5.69 Å². The van der Waals surface area contributed by atoms with Crippen LogP contribution in [0, 0.1) is 6.92 Å². The Kier molecular flexibility index (Phi) is 5.08. The van der Waals surface area contributed by atoms with E-state index in [1.807, 2.05) is 27.7 Å². The predicted molar refractivity (Wildman–Crippen MR) is 83.5 cm³/mol. The first-order chi connectivity index (χ1) is 9.85. The number of ether oxygens (including phenoxy) is 1. The van der Waals surface area contributed by atoms with Gasteiger partial charge < -0.3 is 9.64 Å². The number of aryl methyl sites for hydroxylation is 1. The summed E-state index contributed by atoms with van der Waals surface area (Å²) in [6, 6.07) is 0. The number of nitrogens with zero attached hydrogens (tertiary/aromatic N) is 3. The minimum Gasteiger partial charge on any atom is -0.444 e. The fraction of sp³-hybridized carbons (Fsp3) is 0.667. The van der Waals surface area contributed by atoms with E-state index in [1.165, 1.54) is 0 Å². The van der Waals surface area contributed by atoms with Crippen molar-refractivity contribution < 1.29 is 9.53 Å². The van der Waals surface area contributed by atoms with Crippen molar-refractivity contribution in [3.63, 3.8) is 0 Å².